The summed E-state index contributed by atoms with van der Waals surface area (Å²) in [5, 5.41) is 7.69. The van der Waals surface area contributed by atoms with Crippen molar-refractivity contribution in [2.24, 2.45) is 0 Å². The third kappa shape index (κ3) is 4.35. The highest BCUT2D eigenvalue weighted by molar-refractivity contribution is 5.05. The molecule has 0 saturated heterocycles. The lowest BCUT2D eigenvalue weighted by Crippen LogP contribution is -2.33. The molecule has 1 fully saturated rings. The fraction of sp³-hybridized carbons (Fsp3) is 0.714. The average Bonchev–Trinajstić information content (AvgIpc) is 2.46. The van der Waals surface area contributed by atoms with Gasteiger partial charge in [0.2, 0.25) is 5.88 Å². The number of aromatic nitrogens is 2. The predicted molar refractivity (Wildman–Crippen MR) is 74.5 cm³/mol. The van der Waals surface area contributed by atoms with Crippen LogP contribution in [0.5, 0.6) is 5.88 Å². The molecular formula is C14H23N3O2. The molecule has 1 heterocycles. The number of nitrogens with zero attached hydrogens (tertiary/aromatic N) is 2. The molecule has 0 unspecified atom stereocenters. The van der Waals surface area contributed by atoms with Gasteiger partial charge in [0.25, 0.3) is 5.56 Å². The van der Waals surface area contributed by atoms with Crippen molar-refractivity contribution >= 4 is 0 Å². The van der Waals surface area contributed by atoms with E-state index in [2.05, 4.69) is 10.4 Å². The van der Waals surface area contributed by atoms with Gasteiger partial charge in [-0.1, -0.05) is 19.3 Å². The summed E-state index contributed by atoms with van der Waals surface area (Å²) in [6.07, 6.45) is 7.55. The van der Waals surface area contributed by atoms with Crippen molar-refractivity contribution in [1.29, 1.82) is 0 Å². The number of hydrogen-bond donors (Lipinski definition) is 1. The van der Waals surface area contributed by atoms with E-state index in [4.69, 9.17) is 4.74 Å². The summed E-state index contributed by atoms with van der Waals surface area (Å²) >= 11 is 0. The van der Waals surface area contributed by atoms with Gasteiger partial charge >= 0.3 is 0 Å². The molecule has 2 rings (SSSR count). The van der Waals surface area contributed by atoms with Gasteiger partial charge in [-0.25, -0.2) is 4.68 Å². The maximum atomic E-state index is 11.6. The Bertz CT molecular complexity index is 439. The third-order valence-electron chi connectivity index (χ3n) is 3.64. The number of rotatable bonds is 6. The monoisotopic (exact) mass is 265 g/mol. The van der Waals surface area contributed by atoms with Crippen LogP contribution in [-0.2, 0) is 6.54 Å². The van der Waals surface area contributed by atoms with Crippen LogP contribution < -0.4 is 15.6 Å². The van der Waals surface area contributed by atoms with Gasteiger partial charge in [0, 0.05) is 24.7 Å². The van der Waals surface area contributed by atoms with Crippen molar-refractivity contribution < 1.29 is 4.74 Å². The van der Waals surface area contributed by atoms with Crippen molar-refractivity contribution in [2.45, 2.75) is 51.1 Å². The molecule has 0 amide bonds. The van der Waals surface area contributed by atoms with Crippen LogP contribution in [0.2, 0.25) is 0 Å². The highest BCUT2D eigenvalue weighted by Gasteiger charge is 2.11. The van der Waals surface area contributed by atoms with E-state index in [9.17, 15) is 4.79 Å². The van der Waals surface area contributed by atoms with Crippen LogP contribution in [0, 0.1) is 0 Å². The lowest BCUT2D eigenvalue weighted by atomic mass is 9.95. The molecule has 0 bridgehead atoms. The first-order valence-corrected chi connectivity index (χ1v) is 7.15. The molecule has 1 aliphatic rings. The van der Waals surface area contributed by atoms with Gasteiger partial charge in [-0.3, -0.25) is 4.79 Å². The highest BCUT2D eigenvalue weighted by Crippen LogP contribution is 2.17. The smallest absolute Gasteiger partial charge is 0.266 e. The minimum Gasteiger partial charge on any atom is -0.480 e. The van der Waals surface area contributed by atoms with Gasteiger partial charge in [-0.2, -0.15) is 0 Å². The Hall–Kier alpha value is -1.36. The molecule has 19 heavy (non-hydrogen) atoms. The summed E-state index contributed by atoms with van der Waals surface area (Å²) in [6, 6.07) is 3.77. The van der Waals surface area contributed by atoms with Gasteiger partial charge in [0.1, 0.15) is 0 Å². The normalized spacial score (nSPS) is 16.5. The molecule has 0 spiro atoms. The van der Waals surface area contributed by atoms with E-state index in [1.807, 2.05) is 0 Å². The molecule has 5 nitrogen and oxygen atoms in total. The minimum absolute atomic E-state index is 0.0709. The van der Waals surface area contributed by atoms with Crippen molar-refractivity contribution in [1.82, 2.24) is 15.1 Å². The quantitative estimate of drug-likeness (QED) is 0.793. The predicted octanol–water partition coefficient (Wildman–Crippen LogP) is 1.56. The number of nitrogens with one attached hydrogen (secondary N) is 1. The average molecular weight is 265 g/mol. The number of hydrogen-bond acceptors (Lipinski definition) is 4. The fourth-order valence-electron chi connectivity index (χ4n) is 2.54. The number of aryl methyl sites for hydroxylation is 1. The molecule has 1 aromatic heterocycles. The van der Waals surface area contributed by atoms with E-state index in [1.165, 1.54) is 42.9 Å². The highest BCUT2D eigenvalue weighted by atomic mass is 16.5. The molecule has 0 radical (unpaired) electrons. The zero-order chi connectivity index (χ0) is 13.5. The summed E-state index contributed by atoms with van der Waals surface area (Å²) in [5.41, 5.74) is -0.0709. The van der Waals surface area contributed by atoms with E-state index in [1.54, 1.807) is 13.2 Å². The van der Waals surface area contributed by atoms with Crippen LogP contribution in [0.3, 0.4) is 0 Å². The number of methoxy groups -OCH3 is 1. The first kappa shape index (κ1) is 14.1. The molecular weight excluding hydrogens is 242 g/mol. The van der Waals surface area contributed by atoms with Crippen LogP contribution in [0.4, 0.5) is 0 Å². The lowest BCUT2D eigenvalue weighted by Gasteiger charge is -2.22. The summed E-state index contributed by atoms with van der Waals surface area (Å²) in [6.45, 7) is 1.58. The molecule has 0 aliphatic heterocycles. The van der Waals surface area contributed by atoms with Crippen LogP contribution in [0.25, 0.3) is 0 Å². The summed E-state index contributed by atoms with van der Waals surface area (Å²) in [4.78, 5) is 11.6. The first-order valence-electron chi connectivity index (χ1n) is 7.15. The van der Waals surface area contributed by atoms with Crippen LogP contribution >= 0.6 is 0 Å². The SMILES string of the molecule is COc1ccc(=O)n(CCCNC2CCCCC2)n1. The van der Waals surface area contributed by atoms with Gasteiger partial charge in [0.05, 0.1) is 7.11 Å². The zero-order valence-electron chi connectivity index (χ0n) is 11.6. The largest absolute Gasteiger partial charge is 0.480 e. The van der Waals surface area contributed by atoms with Crippen molar-refractivity contribution in [2.75, 3.05) is 13.7 Å². The van der Waals surface area contributed by atoms with Crippen molar-refractivity contribution in [3.05, 3.63) is 22.5 Å². The molecule has 0 aromatic carbocycles. The second-order valence-corrected chi connectivity index (χ2v) is 5.08. The fourth-order valence-corrected chi connectivity index (χ4v) is 2.54. The lowest BCUT2D eigenvalue weighted by molar-refractivity contribution is 0.357. The Morgan fingerprint density at radius 1 is 1.37 bits per heavy atom. The van der Waals surface area contributed by atoms with Crippen molar-refractivity contribution in [3.8, 4) is 5.88 Å². The topological polar surface area (TPSA) is 56.1 Å². The van der Waals surface area contributed by atoms with E-state index in [0.29, 0.717) is 18.5 Å². The Morgan fingerprint density at radius 3 is 2.89 bits per heavy atom. The molecule has 1 saturated carbocycles. The second kappa shape index (κ2) is 7.28. The van der Waals surface area contributed by atoms with Crippen LogP contribution in [0.1, 0.15) is 38.5 Å². The maximum Gasteiger partial charge on any atom is 0.266 e. The zero-order valence-corrected chi connectivity index (χ0v) is 11.6. The van der Waals surface area contributed by atoms with Crippen LogP contribution in [-0.4, -0.2) is 29.5 Å². The van der Waals surface area contributed by atoms with Gasteiger partial charge in [-0.15, -0.1) is 5.10 Å². The summed E-state index contributed by atoms with van der Waals surface area (Å²) in [5.74, 6) is 0.486. The molecule has 0 atom stereocenters. The summed E-state index contributed by atoms with van der Waals surface area (Å²) < 4.78 is 6.50. The van der Waals surface area contributed by atoms with E-state index in [0.717, 1.165) is 13.0 Å². The Balaban J connectivity index is 1.74. The van der Waals surface area contributed by atoms with E-state index < -0.39 is 0 Å². The summed E-state index contributed by atoms with van der Waals surface area (Å²) in [7, 11) is 1.56. The minimum atomic E-state index is -0.0709. The Morgan fingerprint density at radius 2 is 2.16 bits per heavy atom. The molecule has 5 heteroatoms. The van der Waals surface area contributed by atoms with Gasteiger partial charge < -0.3 is 10.1 Å². The molecule has 1 N–H and O–H groups in total. The first-order chi connectivity index (χ1) is 9.29. The molecule has 1 aromatic rings. The van der Waals surface area contributed by atoms with E-state index in [-0.39, 0.29) is 5.56 Å². The molecule has 106 valence electrons. The number of ether oxygens (including phenoxy) is 1. The van der Waals surface area contributed by atoms with Gasteiger partial charge in [0.15, 0.2) is 0 Å². The van der Waals surface area contributed by atoms with E-state index >= 15 is 0 Å². The third-order valence-corrected chi connectivity index (χ3v) is 3.64. The second-order valence-electron chi connectivity index (χ2n) is 5.08. The molecule has 1 aliphatic carbocycles. The van der Waals surface area contributed by atoms with Crippen LogP contribution in [0.15, 0.2) is 16.9 Å². The maximum absolute atomic E-state index is 11.6. The standard InChI is InChI=1S/C14H23N3O2/c1-19-13-8-9-14(18)17(16-13)11-5-10-15-12-6-3-2-4-7-12/h8-9,12,15H,2-7,10-11H2,1H3. The van der Waals surface area contributed by atoms with Gasteiger partial charge in [-0.05, 0) is 25.8 Å². The van der Waals surface area contributed by atoms with Crippen molar-refractivity contribution in [3.63, 3.8) is 0 Å². The Labute approximate surface area is 114 Å². The Kier molecular flexibility index (Phi) is 5.39.